The van der Waals surface area contributed by atoms with Crippen LogP contribution in [0.15, 0.2) is 42.5 Å². The number of hydrogen-bond donors (Lipinski definition) is 0. The summed E-state index contributed by atoms with van der Waals surface area (Å²) in [6.07, 6.45) is 2.03. The van der Waals surface area contributed by atoms with Crippen molar-refractivity contribution in [1.29, 1.82) is 0 Å². The minimum atomic E-state index is -0.395. The van der Waals surface area contributed by atoms with E-state index in [-0.39, 0.29) is 5.91 Å². The molecule has 0 atom stereocenters. The lowest BCUT2D eigenvalue weighted by Crippen LogP contribution is -2.30. The van der Waals surface area contributed by atoms with Gasteiger partial charge in [0, 0.05) is 37.6 Å². The van der Waals surface area contributed by atoms with Crippen LogP contribution in [0.4, 0.5) is 0 Å². The first kappa shape index (κ1) is 18.5. The molecule has 1 amide bonds. The molecular weight excluding hydrogens is 378 g/mol. The van der Waals surface area contributed by atoms with Crippen LogP contribution < -0.4 is 4.74 Å². The average molecular weight is 398 g/mol. The highest BCUT2D eigenvalue weighted by atomic mass is 35.5. The molecule has 7 heteroatoms. The van der Waals surface area contributed by atoms with Gasteiger partial charge in [0.15, 0.2) is 0 Å². The molecule has 6 nitrogen and oxygen atoms in total. The summed E-state index contributed by atoms with van der Waals surface area (Å²) in [5.74, 6) is 0.341. The molecule has 2 aromatic carbocycles. The van der Waals surface area contributed by atoms with E-state index in [0.717, 1.165) is 37.0 Å². The van der Waals surface area contributed by atoms with Crippen molar-refractivity contribution >= 4 is 34.5 Å². The molecule has 1 fully saturated rings. The maximum Gasteiger partial charge on any atom is 0.308 e. The van der Waals surface area contributed by atoms with Gasteiger partial charge in [-0.25, -0.2) is 4.98 Å². The van der Waals surface area contributed by atoms with Gasteiger partial charge in [-0.1, -0.05) is 23.7 Å². The summed E-state index contributed by atoms with van der Waals surface area (Å²) in [4.78, 5) is 30.8. The topological polar surface area (TPSA) is 64.4 Å². The van der Waals surface area contributed by atoms with E-state index in [1.165, 1.54) is 6.92 Å². The van der Waals surface area contributed by atoms with E-state index in [9.17, 15) is 9.59 Å². The van der Waals surface area contributed by atoms with Crippen LogP contribution in [-0.4, -0.2) is 39.4 Å². The molecule has 4 rings (SSSR count). The standard InChI is InChI=1S/C21H20ClN3O3/c1-14(26)28-17-8-9-19-18(12-17)23-20(21(27)24-10-2-3-11-24)25(19)13-15-4-6-16(22)7-5-15/h4-9,12H,2-3,10-11,13H2,1H3. The Balaban J connectivity index is 1.78. The summed E-state index contributed by atoms with van der Waals surface area (Å²) < 4.78 is 7.08. The van der Waals surface area contributed by atoms with Gasteiger partial charge >= 0.3 is 5.97 Å². The van der Waals surface area contributed by atoms with Crippen LogP contribution in [0, 0.1) is 0 Å². The second-order valence-corrected chi connectivity index (χ2v) is 7.33. The van der Waals surface area contributed by atoms with E-state index < -0.39 is 5.97 Å². The number of fused-ring (bicyclic) bond motifs is 1. The number of rotatable bonds is 4. The zero-order valence-electron chi connectivity index (χ0n) is 15.5. The molecule has 3 aromatic rings. The fourth-order valence-electron chi connectivity index (χ4n) is 3.50. The van der Waals surface area contributed by atoms with Crippen molar-refractivity contribution in [2.45, 2.75) is 26.3 Å². The van der Waals surface area contributed by atoms with Gasteiger partial charge in [0.05, 0.1) is 11.0 Å². The summed E-state index contributed by atoms with van der Waals surface area (Å²) in [6, 6.07) is 12.8. The molecule has 0 spiro atoms. The van der Waals surface area contributed by atoms with E-state index >= 15 is 0 Å². The van der Waals surface area contributed by atoms with Crippen molar-refractivity contribution in [1.82, 2.24) is 14.5 Å². The van der Waals surface area contributed by atoms with Gasteiger partial charge in [0.2, 0.25) is 5.82 Å². The maximum absolute atomic E-state index is 13.1. The first-order valence-electron chi connectivity index (χ1n) is 9.24. The minimum Gasteiger partial charge on any atom is -0.427 e. The Morgan fingerprint density at radius 3 is 2.50 bits per heavy atom. The van der Waals surface area contributed by atoms with Crippen LogP contribution in [0.25, 0.3) is 11.0 Å². The third kappa shape index (κ3) is 3.73. The first-order chi connectivity index (χ1) is 13.5. The largest absolute Gasteiger partial charge is 0.427 e. The number of carbonyl (C=O) groups excluding carboxylic acids is 2. The number of esters is 1. The Kier molecular flexibility index (Phi) is 5.05. The van der Waals surface area contributed by atoms with Crippen LogP contribution in [-0.2, 0) is 11.3 Å². The molecule has 0 radical (unpaired) electrons. The molecule has 0 N–H and O–H groups in total. The average Bonchev–Trinajstić information content (AvgIpc) is 3.31. The molecule has 28 heavy (non-hydrogen) atoms. The number of amides is 1. The van der Waals surface area contributed by atoms with Gasteiger partial charge in [0.25, 0.3) is 5.91 Å². The minimum absolute atomic E-state index is 0.0725. The van der Waals surface area contributed by atoms with E-state index in [4.69, 9.17) is 16.3 Å². The highest BCUT2D eigenvalue weighted by Gasteiger charge is 2.25. The summed E-state index contributed by atoms with van der Waals surface area (Å²) in [5, 5.41) is 0.665. The van der Waals surface area contributed by atoms with Crippen LogP contribution in [0.1, 0.15) is 35.9 Å². The number of aromatic nitrogens is 2. The highest BCUT2D eigenvalue weighted by molar-refractivity contribution is 6.30. The van der Waals surface area contributed by atoms with Gasteiger partial charge in [-0.05, 0) is 42.7 Å². The molecule has 0 saturated carbocycles. The van der Waals surface area contributed by atoms with Gasteiger partial charge in [-0.3, -0.25) is 9.59 Å². The Morgan fingerprint density at radius 2 is 1.82 bits per heavy atom. The molecule has 144 valence electrons. The Morgan fingerprint density at radius 1 is 1.11 bits per heavy atom. The normalized spacial score (nSPS) is 13.9. The van der Waals surface area contributed by atoms with Crippen molar-refractivity contribution in [3.8, 4) is 5.75 Å². The lowest BCUT2D eigenvalue weighted by molar-refractivity contribution is -0.131. The number of carbonyl (C=O) groups is 2. The Labute approximate surface area is 167 Å². The summed E-state index contributed by atoms with van der Waals surface area (Å²) in [7, 11) is 0. The molecule has 1 aromatic heterocycles. The monoisotopic (exact) mass is 397 g/mol. The third-order valence-electron chi connectivity index (χ3n) is 4.82. The van der Waals surface area contributed by atoms with Crippen molar-refractivity contribution in [2.75, 3.05) is 13.1 Å². The lowest BCUT2D eigenvalue weighted by atomic mass is 10.2. The summed E-state index contributed by atoms with van der Waals surface area (Å²) >= 11 is 5.99. The highest BCUT2D eigenvalue weighted by Crippen LogP contribution is 2.25. The maximum atomic E-state index is 13.1. The zero-order valence-corrected chi connectivity index (χ0v) is 16.3. The predicted octanol–water partition coefficient (Wildman–Crippen LogP) is 3.90. The number of benzene rings is 2. The molecule has 2 heterocycles. The van der Waals surface area contributed by atoms with Gasteiger partial charge in [-0.15, -0.1) is 0 Å². The smallest absolute Gasteiger partial charge is 0.308 e. The lowest BCUT2D eigenvalue weighted by Gasteiger charge is -2.16. The van der Waals surface area contributed by atoms with Gasteiger partial charge < -0.3 is 14.2 Å². The second-order valence-electron chi connectivity index (χ2n) is 6.89. The summed E-state index contributed by atoms with van der Waals surface area (Å²) in [5.41, 5.74) is 2.45. The number of likely N-dealkylation sites (tertiary alicyclic amines) is 1. The van der Waals surface area contributed by atoms with Crippen LogP contribution in [0.3, 0.4) is 0 Å². The van der Waals surface area contributed by atoms with Crippen molar-refractivity contribution in [3.05, 3.63) is 58.9 Å². The van der Waals surface area contributed by atoms with Crippen LogP contribution in [0.2, 0.25) is 5.02 Å². The molecular formula is C21H20ClN3O3. The molecule has 1 saturated heterocycles. The molecule has 0 bridgehead atoms. The predicted molar refractivity (Wildman–Crippen MR) is 107 cm³/mol. The van der Waals surface area contributed by atoms with E-state index in [1.807, 2.05) is 39.8 Å². The zero-order chi connectivity index (χ0) is 19.7. The number of imidazole rings is 1. The van der Waals surface area contributed by atoms with E-state index in [1.54, 1.807) is 12.1 Å². The fraction of sp³-hybridized carbons (Fsp3) is 0.286. The molecule has 1 aliphatic rings. The number of nitrogens with zero attached hydrogens (tertiary/aromatic N) is 3. The third-order valence-corrected chi connectivity index (χ3v) is 5.07. The summed E-state index contributed by atoms with van der Waals surface area (Å²) in [6.45, 7) is 3.35. The quantitative estimate of drug-likeness (QED) is 0.494. The number of ether oxygens (including phenoxy) is 1. The van der Waals surface area contributed by atoms with E-state index in [2.05, 4.69) is 4.98 Å². The molecule has 0 aliphatic carbocycles. The van der Waals surface area contributed by atoms with Gasteiger partial charge in [-0.2, -0.15) is 0 Å². The molecule has 1 aliphatic heterocycles. The number of halogens is 1. The first-order valence-corrected chi connectivity index (χ1v) is 9.61. The van der Waals surface area contributed by atoms with Gasteiger partial charge in [0.1, 0.15) is 5.75 Å². The number of hydrogen-bond acceptors (Lipinski definition) is 4. The van der Waals surface area contributed by atoms with Crippen molar-refractivity contribution in [3.63, 3.8) is 0 Å². The fourth-order valence-corrected chi connectivity index (χ4v) is 3.62. The van der Waals surface area contributed by atoms with E-state index in [0.29, 0.717) is 28.7 Å². The molecule has 0 unspecified atom stereocenters. The Bertz CT molecular complexity index is 1040. The van der Waals surface area contributed by atoms with Crippen molar-refractivity contribution < 1.29 is 14.3 Å². The van der Waals surface area contributed by atoms with Crippen LogP contribution in [0.5, 0.6) is 5.75 Å². The van der Waals surface area contributed by atoms with Crippen molar-refractivity contribution in [2.24, 2.45) is 0 Å². The van der Waals surface area contributed by atoms with Crippen LogP contribution >= 0.6 is 11.6 Å². The SMILES string of the molecule is CC(=O)Oc1ccc2c(c1)nc(C(=O)N1CCCC1)n2Cc1ccc(Cl)cc1. The second kappa shape index (κ2) is 7.64. The Hall–Kier alpha value is -2.86.